The summed E-state index contributed by atoms with van der Waals surface area (Å²) in [5.41, 5.74) is 0.662. The Bertz CT molecular complexity index is 457. The highest BCUT2D eigenvalue weighted by atomic mass is 16.3. The minimum atomic E-state index is 0.0590. The predicted molar refractivity (Wildman–Crippen MR) is 83.5 cm³/mol. The molecule has 0 aliphatic carbocycles. The van der Waals surface area contributed by atoms with Crippen LogP contribution in [0, 0.1) is 5.92 Å². The van der Waals surface area contributed by atoms with Crippen LogP contribution in [0.4, 0.5) is 0 Å². The van der Waals surface area contributed by atoms with E-state index in [4.69, 9.17) is 0 Å². The number of nitrogens with one attached hydrogen (secondary N) is 1. The van der Waals surface area contributed by atoms with E-state index in [1.165, 1.54) is 32.2 Å². The van der Waals surface area contributed by atoms with Crippen LogP contribution in [0.2, 0.25) is 0 Å². The molecule has 0 spiro atoms. The molecule has 0 aromatic heterocycles. The van der Waals surface area contributed by atoms with Gasteiger partial charge >= 0.3 is 0 Å². The van der Waals surface area contributed by atoms with Crippen LogP contribution in [0.3, 0.4) is 0 Å². The maximum Gasteiger partial charge on any atom is 0.124 e. The third kappa shape index (κ3) is 3.01. The summed E-state index contributed by atoms with van der Waals surface area (Å²) < 4.78 is 0. The maximum absolute atomic E-state index is 10.0. The van der Waals surface area contributed by atoms with E-state index < -0.39 is 0 Å². The minimum absolute atomic E-state index is 0.0590. The molecular formula is C17H26N2O2. The van der Waals surface area contributed by atoms with Crippen molar-refractivity contribution in [3.63, 3.8) is 0 Å². The topological polar surface area (TPSA) is 55.7 Å². The van der Waals surface area contributed by atoms with E-state index in [9.17, 15) is 10.2 Å². The van der Waals surface area contributed by atoms with Gasteiger partial charge in [-0.25, -0.2) is 0 Å². The SMILES string of the molecule is CC(c1c(O)cccc1O)N1CCC(C2CCCN2)CC1. The molecule has 3 N–H and O–H groups in total. The molecule has 21 heavy (non-hydrogen) atoms. The summed E-state index contributed by atoms with van der Waals surface area (Å²) >= 11 is 0. The van der Waals surface area contributed by atoms with Crippen molar-refractivity contribution in [1.82, 2.24) is 10.2 Å². The molecule has 2 aliphatic heterocycles. The highest BCUT2D eigenvalue weighted by Crippen LogP contribution is 2.37. The number of likely N-dealkylation sites (tertiary alicyclic amines) is 1. The van der Waals surface area contributed by atoms with Gasteiger partial charge in [0.2, 0.25) is 0 Å². The van der Waals surface area contributed by atoms with E-state index in [2.05, 4.69) is 17.1 Å². The van der Waals surface area contributed by atoms with Crippen molar-refractivity contribution in [2.75, 3.05) is 19.6 Å². The van der Waals surface area contributed by atoms with Gasteiger partial charge in [-0.2, -0.15) is 0 Å². The second kappa shape index (κ2) is 6.24. The van der Waals surface area contributed by atoms with Gasteiger partial charge in [0.25, 0.3) is 0 Å². The molecule has 1 aromatic carbocycles. The molecule has 0 amide bonds. The fraction of sp³-hybridized carbons (Fsp3) is 0.647. The van der Waals surface area contributed by atoms with E-state index in [1.54, 1.807) is 18.2 Å². The fourth-order valence-electron chi connectivity index (χ4n) is 3.97. The molecule has 2 saturated heterocycles. The molecule has 1 aromatic rings. The van der Waals surface area contributed by atoms with Crippen molar-refractivity contribution in [1.29, 1.82) is 0 Å². The zero-order valence-electron chi connectivity index (χ0n) is 12.8. The number of benzene rings is 1. The van der Waals surface area contributed by atoms with Gasteiger partial charge in [-0.05, 0) is 70.3 Å². The number of piperidine rings is 1. The van der Waals surface area contributed by atoms with Crippen LogP contribution in [0.1, 0.15) is 44.2 Å². The lowest BCUT2D eigenvalue weighted by Gasteiger charge is -2.38. The summed E-state index contributed by atoms with van der Waals surface area (Å²) in [5.74, 6) is 1.18. The summed E-state index contributed by atoms with van der Waals surface area (Å²) in [4.78, 5) is 2.38. The molecule has 2 fully saturated rings. The lowest BCUT2D eigenvalue weighted by Crippen LogP contribution is -2.41. The first-order valence-corrected chi connectivity index (χ1v) is 8.15. The molecule has 2 heterocycles. The molecule has 2 unspecified atom stereocenters. The summed E-state index contributed by atoms with van der Waals surface area (Å²) in [5, 5.41) is 23.7. The van der Waals surface area contributed by atoms with E-state index in [0.717, 1.165) is 19.0 Å². The number of hydrogen-bond donors (Lipinski definition) is 3. The van der Waals surface area contributed by atoms with Gasteiger partial charge in [0.1, 0.15) is 11.5 Å². The van der Waals surface area contributed by atoms with Gasteiger partial charge in [0.05, 0.1) is 5.56 Å². The van der Waals surface area contributed by atoms with Crippen molar-refractivity contribution >= 4 is 0 Å². The summed E-state index contributed by atoms with van der Waals surface area (Å²) in [6.45, 7) is 5.32. The second-order valence-electron chi connectivity index (χ2n) is 6.46. The normalized spacial score (nSPS) is 26.0. The number of rotatable bonds is 3. The van der Waals surface area contributed by atoms with Crippen LogP contribution in [-0.2, 0) is 0 Å². The molecule has 0 saturated carbocycles. The number of hydrogen-bond acceptors (Lipinski definition) is 4. The van der Waals surface area contributed by atoms with Crippen molar-refractivity contribution in [2.45, 2.75) is 44.7 Å². The Morgan fingerprint density at radius 2 is 1.81 bits per heavy atom. The van der Waals surface area contributed by atoms with Gasteiger partial charge in [-0.3, -0.25) is 4.90 Å². The standard InChI is InChI=1S/C17H26N2O2/c1-12(17-15(20)5-2-6-16(17)21)19-10-7-13(8-11-19)14-4-3-9-18-14/h2,5-6,12-14,18,20-21H,3-4,7-11H2,1H3. The highest BCUT2D eigenvalue weighted by molar-refractivity contribution is 5.45. The molecule has 0 bridgehead atoms. The van der Waals surface area contributed by atoms with Crippen molar-refractivity contribution in [2.24, 2.45) is 5.92 Å². The summed E-state index contributed by atoms with van der Waals surface area (Å²) in [6.07, 6.45) is 5.04. The number of phenols is 2. The Balaban J connectivity index is 1.63. The van der Waals surface area contributed by atoms with Crippen LogP contribution in [0.25, 0.3) is 0 Å². The van der Waals surface area contributed by atoms with E-state index in [0.29, 0.717) is 11.6 Å². The Morgan fingerprint density at radius 1 is 1.14 bits per heavy atom. The lowest BCUT2D eigenvalue weighted by molar-refractivity contribution is 0.124. The molecule has 3 rings (SSSR count). The van der Waals surface area contributed by atoms with Crippen LogP contribution in [-0.4, -0.2) is 40.8 Å². The lowest BCUT2D eigenvalue weighted by atomic mass is 9.87. The van der Waals surface area contributed by atoms with E-state index in [1.807, 2.05) is 0 Å². The van der Waals surface area contributed by atoms with Gasteiger partial charge in [-0.1, -0.05) is 6.07 Å². The average Bonchev–Trinajstić information content (AvgIpc) is 3.01. The quantitative estimate of drug-likeness (QED) is 0.801. The smallest absolute Gasteiger partial charge is 0.124 e. The molecular weight excluding hydrogens is 264 g/mol. The molecule has 2 aliphatic rings. The van der Waals surface area contributed by atoms with E-state index in [-0.39, 0.29) is 17.5 Å². The maximum atomic E-state index is 10.0. The Hall–Kier alpha value is -1.26. The Morgan fingerprint density at radius 3 is 2.38 bits per heavy atom. The van der Waals surface area contributed by atoms with Gasteiger partial charge < -0.3 is 15.5 Å². The zero-order chi connectivity index (χ0) is 14.8. The summed E-state index contributed by atoms with van der Waals surface area (Å²) in [6, 6.07) is 5.75. The van der Waals surface area contributed by atoms with Crippen LogP contribution in [0.15, 0.2) is 18.2 Å². The van der Waals surface area contributed by atoms with Crippen LogP contribution in [0.5, 0.6) is 11.5 Å². The van der Waals surface area contributed by atoms with Crippen molar-refractivity contribution < 1.29 is 10.2 Å². The Labute approximate surface area is 126 Å². The molecule has 116 valence electrons. The molecule has 4 nitrogen and oxygen atoms in total. The minimum Gasteiger partial charge on any atom is -0.507 e. The van der Waals surface area contributed by atoms with Crippen LogP contribution >= 0.6 is 0 Å². The van der Waals surface area contributed by atoms with Gasteiger partial charge in [0, 0.05) is 12.1 Å². The van der Waals surface area contributed by atoms with Gasteiger partial charge in [0.15, 0.2) is 0 Å². The zero-order valence-corrected chi connectivity index (χ0v) is 12.8. The molecule has 0 radical (unpaired) electrons. The molecule has 4 heteroatoms. The first kappa shape index (κ1) is 14.7. The monoisotopic (exact) mass is 290 g/mol. The number of aromatic hydroxyl groups is 2. The first-order chi connectivity index (χ1) is 10.2. The first-order valence-electron chi connectivity index (χ1n) is 8.15. The second-order valence-corrected chi connectivity index (χ2v) is 6.46. The Kier molecular flexibility index (Phi) is 4.36. The van der Waals surface area contributed by atoms with E-state index >= 15 is 0 Å². The average molecular weight is 290 g/mol. The highest BCUT2D eigenvalue weighted by Gasteiger charge is 2.31. The fourth-order valence-corrected chi connectivity index (χ4v) is 3.97. The van der Waals surface area contributed by atoms with Crippen molar-refractivity contribution in [3.05, 3.63) is 23.8 Å². The molecule has 2 atom stereocenters. The predicted octanol–water partition coefficient (Wildman–Crippen LogP) is 2.62. The van der Waals surface area contributed by atoms with Crippen LogP contribution < -0.4 is 5.32 Å². The van der Waals surface area contributed by atoms with Gasteiger partial charge in [-0.15, -0.1) is 0 Å². The third-order valence-corrected chi connectivity index (χ3v) is 5.27. The van der Waals surface area contributed by atoms with Crippen molar-refractivity contribution in [3.8, 4) is 11.5 Å². The number of nitrogens with zero attached hydrogens (tertiary/aromatic N) is 1. The third-order valence-electron chi connectivity index (χ3n) is 5.27. The summed E-state index contributed by atoms with van der Waals surface area (Å²) in [7, 11) is 0. The largest absolute Gasteiger partial charge is 0.507 e. The number of phenolic OH excluding ortho intramolecular Hbond substituents is 2.